The summed E-state index contributed by atoms with van der Waals surface area (Å²) in [5.41, 5.74) is 2.71. The van der Waals surface area contributed by atoms with Crippen LogP contribution in [-0.2, 0) is 7.05 Å². The number of hydrogen-bond acceptors (Lipinski definition) is 2. The van der Waals surface area contributed by atoms with E-state index < -0.39 is 0 Å². The molecule has 1 N–H and O–H groups in total. The summed E-state index contributed by atoms with van der Waals surface area (Å²) in [4.78, 5) is 0. The van der Waals surface area contributed by atoms with Crippen molar-refractivity contribution in [2.24, 2.45) is 7.05 Å². The van der Waals surface area contributed by atoms with Crippen LogP contribution in [0.5, 0.6) is 0 Å². The van der Waals surface area contributed by atoms with Crippen LogP contribution in [0.15, 0.2) is 6.20 Å². The SMILES string of the molecule is CC(C)c1cn(C)nc1C1CNC1.[HH]. The molecule has 2 rings (SSSR count). The third kappa shape index (κ3) is 1.48. The summed E-state index contributed by atoms with van der Waals surface area (Å²) < 4.78 is 1.93. The topological polar surface area (TPSA) is 29.9 Å². The van der Waals surface area contributed by atoms with Gasteiger partial charge in [-0.05, 0) is 11.5 Å². The minimum absolute atomic E-state index is 0. The Morgan fingerprint density at radius 2 is 2.31 bits per heavy atom. The van der Waals surface area contributed by atoms with Gasteiger partial charge in [-0.25, -0.2) is 0 Å². The molecule has 0 aliphatic carbocycles. The number of hydrogen-bond donors (Lipinski definition) is 1. The van der Waals surface area contributed by atoms with Crippen LogP contribution in [0.3, 0.4) is 0 Å². The second-order valence-corrected chi connectivity index (χ2v) is 4.15. The highest BCUT2D eigenvalue weighted by Gasteiger charge is 2.25. The highest BCUT2D eigenvalue weighted by atomic mass is 15.3. The largest absolute Gasteiger partial charge is 0.315 e. The van der Waals surface area contributed by atoms with Crippen molar-refractivity contribution in [2.45, 2.75) is 25.7 Å². The zero-order valence-corrected chi connectivity index (χ0v) is 8.54. The Balaban J connectivity index is 0.000000980. The molecule has 1 aromatic rings. The van der Waals surface area contributed by atoms with Gasteiger partial charge < -0.3 is 5.32 Å². The summed E-state index contributed by atoms with van der Waals surface area (Å²) in [7, 11) is 2.00. The molecule has 0 spiro atoms. The lowest BCUT2D eigenvalue weighted by molar-refractivity contribution is 0.433. The molecule has 0 aromatic carbocycles. The molecule has 1 aliphatic rings. The Hall–Kier alpha value is -0.830. The van der Waals surface area contributed by atoms with Gasteiger partial charge in [-0.1, -0.05) is 13.8 Å². The van der Waals surface area contributed by atoms with Crippen molar-refractivity contribution in [2.75, 3.05) is 13.1 Å². The van der Waals surface area contributed by atoms with Crippen molar-refractivity contribution in [3.8, 4) is 0 Å². The van der Waals surface area contributed by atoms with E-state index in [9.17, 15) is 0 Å². The fourth-order valence-electron chi connectivity index (χ4n) is 1.77. The van der Waals surface area contributed by atoms with Gasteiger partial charge in [0.2, 0.25) is 0 Å². The van der Waals surface area contributed by atoms with Crippen molar-refractivity contribution < 1.29 is 1.43 Å². The fraction of sp³-hybridized carbons (Fsp3) is 0.700. The van der Waals surface area contributed by atoms with E-state index >= 15 is 0 Å². The molecule has 1 saturated heterocycles. The van der Waals surface area contributed by atoms with Crippen molar-refractivity contribution in [1.82, 2.24) is 15.1 Å². The molecule has 3 heteroatoms. The van der Waals surface area contributed by atoms with E-state index in [1.54, 1.807) is 0 Å². The molecular formula is C10H19N3. The van der Waals surface area contributed by atoms with Crippen LogP contribution in [0.4, 0.5) is 0 Å². The van der Waals surface area contributed by atoms with Gasteiger partial charge in [-0.3, -0.25) is 4.68 Å². The Bertz CT molecular complexity index is 302. The van der Waals surface area contributed by atoms with Crippen LogP contribution < -0.4 is 5.32 Å². The smallest absolute Gasteiger partial charge is 0.0715 e. The number of nitrogens with one attached hydrogen (secondary N) is 1. The third-order valence-corrected chi connectivity index (χ3v) is 2.68. The minimum atomic E-state index is 0. The predicted molar refractivity (Wildman–Crippen MR) is 55.0 cm³/mol. The first kappa shape index (κ1) is 8.75. The molecule has 3 nitrogen and oxygen atoms in total. The molecule has 2 heterocycles. The standard InChI is InChI=1S/C10H17N3.H2/c1-7(2)9-6-13(3)12-10(9)8-4-11-5-8;/h6-8,11H,4-5H2,1-3H3;1H. The molecule has 1 aromatic heterocycles. The number of rotatable bonds is 2. The van der Waals surface area contributed by atoms with Gasteiger partial charge in [0.25, 0.3) is 0 Å². The maximum Gasteiger partial charge on any atom is 0.0715 e. The second kappa shape index (κ2) is 3.14. The zero-order valence-electron chi connectivity index (χ0n) is 8.54. The summed E-state index contributed by atoms with van der Waals surface area (Å²) in [6.07, 6.45) is 2.15. The molecule has 0 amide bonds. The van der Waals surface area contributed by atoms with E-state index in [1.807, 2.05) is 11.7 Å². The zero-order chi connectivity index (χ0) is 9.42. The molecule has 0 unspecified atom stereocenters. The van der Waals surface area contributed by atoms with Crippen molar-refractivity contribution >= 4 is 0 Å². The first-order valence-corrected chi connectivity index (χ1v) is 4.92. The van der Waals surface area contributed by atoms with Crippen LogP contribution in [0, 0.1) is 0 Å². The molecule has 0 saturated carbocycles. The van der Waals surface area contributed by atoms with E-state index in [1.165, 1.54) is 11.3 Å². The maximum absolute atomic E-state index is 4.53. The van der Waals surface area contributed by atoms with Crippen LogP contribution in [-0.4, -0.2) is 22.9 Å². The van der Waals surface area contributed by atoms with E-state index in [0.717, 1.165) is 13.1 Å². The van der Waals surface area contributed by atoms with Gasteiger partial charge in [0.1, 0.15) is 0 Å². The Kier molecular flexibility index (Phi) is 2.12. The molecule has 13 heavy (non-hydrogen) atoms. The number of aryl methyl sites for hydroxylation is 1. The predicted octanol–water partition coefficient (Wildman–Crippen LogP) is 1.48. The lowest BCUT2D eigenvalue weighted by atomic mass is 9.92. The maximum atomic E-state index is 4.53. The summed E-state index contributed by atoms with van der Waals surface area (Å²) in [6, 6.07) is 0. The average Bonchev–Trinajstić information content (AvgIpc) is 2.27. The molecule has 74 valence electrons. The van der Waals surface area contributed by atoms with Crippen molar-refractivity contribution in [3.05, 3.63) is 17.5 Å². The first-order chi connectivity index (χ1) is 6.18. The summed E-state index contributed by atoms with van der Waals surface area (Å²) >= 11 is 0. The van der Waals surface area contributed by atoms with E-state index in [0.29, 0.717) is 11.8 Å². The van der Waals surface area contributed by atoms with E-state index in [-0.39, 0.29) is 1.43 Å². The quantitative estimate of drug-likeness (QED) is 0.749. The lowest BCUT2D eigenvalue weighted by Gasteiger charge is -2.26. The molecule has 0 atom stereocenters. The van der Waals surface area contributed by atoms with Crippen molar-refractivity contribution in [1.29, 1.82) is 0 Å². The van der Waals surface area contributed by atoms with Gasteiger partial charge in [0, 0.05) is 33.7 Å². The number of nitrogens with zero attached hydrogens (tertiary/aromatic N) is 2. The highest BCUT2D eigenvalue weighted by Crippen LogP contribution is 2.26. The first-order valence-electron chi connectivity index (χ1n) is 4.92. The molecule has 1 aliphatic heterocycles. The van der Waals surface area contributed by atoms with Gasteiger partial charge in [0.15, 0.2) is 0 Å². The minimum Gasteiger partial charge on any atom is -0.315 e. The Morgan fingerprint density at radius 3 is 2.77 bits per heavy atom. The van der Waals surface area contributed by atoms with Gasteiger partial charge in [-0.2, -0.15) is 5.10 Å². The van der Waals surface area contributed by atoms with Crippen molar-refractivity contribution in [3.63, 3.8) is 0 Å². The van der Waals surface area contributed by atoms with Crippen LogP contribution in [0.1, 0.15) is 38.4 Å². The summed E-state index contributed by atoms with van der Waals surface area (Å²) in [5, 5.41) is 7.82. The van der Waals surface area contributed by atoms with E-state index in [2.05, 4.69) is 30.5 Å². The number of aromatic nitrogens is 2. The molecule has 0 bridgehead atoms. The van der Waals surface area contributed by atoms with Gasteiger partial charge in [0.05, 0.1) is 5.69 Å². The summed E-state index contributed by atoms with van der Waals surface area (Å²) in [5.74, 6) is 1.24. The molecule has 0 radical (unpaired) electrons. The lowest BCUT2D eigenvalue weighted by Crippen LogP contribution is -2.40. The normalized spacial score (nSPS) is 17.8. The molecular weight excluding hydrogens is 162 g/mol. The fourth-order valence-corrected chi connectivity index (χ4v) is 1.77. The van der Waals surface area contributed by atoms with Crippen LogP contribution >= 0.6 is 0 Å². The van der Waals surface area contributed by atoms with Crippen LogP contribution in [0.25, 0.3) is 0 Å². The summed E-state index contributed by atoms with van der Waals surface area (Å²) in [6.45, 7) is 6.65. The Morgan fingerprint density at radius 1 is 1.62 bits per heavy atom. The van der Waals surface area contributed by atoms with Gasteiger partial charge >= 0.3 is 0 Å². The average molecular weight is 181 g/mol. The van der Waals surface area contributed by atoms with Gasteiger partial charge in [-0.15, -0.1) is 0 Å². The second-order valence-electron chi connectivity index (χ2n) is 4.15. The molecule has 1 fully saturated rings. The Labute approximate surface area is 80.6 Å². The highest BCUT2D eigenvalue weighted by molar-refractivity contribution is 5.26. The monoisotopic (exact) mass is 181 g/mol. The van der Waals surface area contributed by atoms with Crippen LogP contribution in [0.2, 0.25) is 0 Å². The van der Waals surface area contributed by atoms with E-state index in [4.69, 9.17) is 0 Å². The third-order valence-electron chi connectivity index (χ3n) is 2.68.